The lowest BCUT2D eigenvalue weighted by molar-refractivity contribution is 0.0248. The summed E-state index contributed by atoms with van der Waals surface area (Å²) in [4.78, 5) is 38.6. The number of amides is 2. The molecule has 1 saturated heterocycles. The van der Waals surface area contributed by atoms with Gasteiger partial charge in [-0.15, -0.1) is 0 Å². The highest BCUT2D eigenvalue weighted by atomic mass is 19.1. The third-order valence-electron chi connectivity index (χ3n) is 7.69. The first-order valence-electron chi connectivity index (χ1n) is 14.2. The third kappa shape index (κ3) is 6.03. The molecule has 0 atom stereocenters. The molecular weight excluding hydrogens is 551 g/mol. The van der Waals surface area contributed by atoms with Crippen LogP contribution in [0.1, 0.15) is 56.5 Å². The molecule has 11 heteroatoms. The molecule has 2 N–H and O–H groups in total. The van der Waals surface area contributed by atoms with Crippen molar-refractivity contribution in [2.45, 2.75) is 58.8 Å². The van der Waals surface area contributed by atoms with E-state index in [1.165, 1.54) is 6.07 Å². The van der Waals surface area contributed by atoms with Crippen LogP contribution in [0.3, 0.4) is 0 Å². The molecule has 0 saturated carbocycles. The van der Waals surface area contributed by atoms with Gasteiger partial charge in [-0.3, -0.25) is 4.79 Å². The van der Waals surface area contributed by atoms with Crippen LogP contribution in [0.2, 0.25) is 0 Å². The quantitative estimate of drug-likeness (QED) is 0.285. The number of aromatic nitrogens is 2. The van der Waals surface area contributed by atoms with Gasteiger partial charge in [-0.25, -0.2) is 24.1 Å². The fourth-order valence-corrected chi connectivity index (χ4v) is 5.50. The number of fused-ring (bicyclic) bond motifs is 2. The Labute approximate surface area is 250 Å². The molecule has 2 aromatic heterocycles. The number of imide groups is 1. The van der Waals surface area contributed by atoms with Crippen molar-refractivity contribution in [3.05, 3.63) is 71.2 Å². The van der Waals surface area contributed by atoms with E-state index < -0.39 is 23.4 Å². The monoisotopic (exact) mass is 588 g/mol. The Kier molecular flexibility index (Phi) is 8.11. The molecule has 0 aliphatic carbocycles. The SMILES string of the molecule is C=N/C(=C\C=C(/C)N1CCC(O)CC1)Nc1cc(F)c(-c2ccnc3c2ccn3C)c2c1C(=O)N(C(=O)OC(C)(C)C)C2. The number of likely N-dealkylation sites (tertiary alicyclic amines) is 1. The van der Waals surface area contributed by atoms with Crippen LogP contribution in [0.5, 0.6) is 0 Å². The van der Waals surface area contributed by atoms with Gasteiger partial charge < -0.3 is 24.6 Å². The first-order valence-corrected chi connectivity index (χ1v) is 14.2. The summed E-state index contributed by atoms with van der Waals surface area (Å²) >= 11 is 0. The van der Waals surface area contributed by atoms with Gasteiger partial charge in [0.1, 0.15) is 22.9 Å². The van der Waals surface area contributed by atoms with Crippen molar-refractivity contribution in [3.63, 3.8) is 0 Å². The molecule has 0 radical (unpaired) electrons. The van der Waals surface area contributed by atoms with E-state index in [4.69, 9.17) is 4.74 Å². The maximum atomic E-state index is 16.2. The van der Waals surface area contributed by atoms with Gasteiger partial charge in [-0.2, -0.15) is 0 Å². The maximum absolute atomic E-state index is 16.2. The number of carbonyl (C=O) groups is 2. The number of aliphatic hydroxyl groups excluding tert-OH is 1. The van der Waals surface area contributed by atoms with Crippen molar-refractivity contribution < 1.29 is 23.8 Å². The Balaban J connectivity index is 1.58. The number of benzene rings is 1. The van der Waals surface area contributed by atoms with Crippen molar-refractivity contribution in [3.8, 4) is 11.1 Å². The molecule has 2 amide bonds. The summed E-state index contributed by atoms with van der Waals surface area (Å²) < 4.78 is 23.5. The lowest BCUT2D eigenvalue weighted by atomic mass is 9.93. The van der Waals surface area contributed by atoms with Crippen LogP contribution in [0, 0.1) is 5.82 Å². The number of halogens is 1. The largest absolute Gasteiger partial charge is 0.443 e. The highest BCUT2D eigenvalue weighted by Gasteiger charge is 2.40. The summed E-state index contributed by atoms with van der Waals surface area (Å²) in [5, 5.41) is 13.6. The molecule has 0 unspecified atom stereocenters. The molecule has 3 aromatic rings. The smallest absolute Gasteiger partial charge is 0.417 e. The number of pyridine rings is 1. The number of rotatable bonds is 6. The zero-order valence-electron chi connectivity index (χ0n) is 25.1. The van der Waals surface area contributed by atoms with Crippen LogP contribution in [0.25, 0.3) is 22.2 Å². The Bertz CT molecular complexity index is 1660. The summed E-state index contributed by atoms with van der Waals surface area (Å²) in [5.74, 6) is -0.879. The molecule has 2 aliphatic heterocycles. The molecule has 1 fully saturated rings. The second-order valence-corrected chi connectivity index (χ2v) is 11.9. The van der Waals surface area contributed by atoms with Gasteiger partial charge in [0, 0.05) is 49.2 Å². The van der Waals surface area contributed by atoms with Gasteiger partial charge in [-0.05, 0) is 88.7 Å². The molecule has 226 valence electrons. The number of ether oxygens (including phenoxy) is 1. The number of allylic oxidation sites excluding steroid dienone is 3. The van der Waals surface area contributed by atoms with E-state index in [0.717, 1.165) is 23.7 Å². The maximum Gasteiger partial charge on any atom is 0.417 e. The summed E-state index contributed by atoms with van der Waals surface area (Å²) in [6.07, 6.45) is 7.29. The second-order valence-electron chi connectivity index (χ2n) is 11.9. The molecular formula is C32H37FN6O4. The van der Waals surface area contributed by atoms with Gasteiger partial charge in [0.25, 0.3) is 5.91 Å². The van der Waals surface area contributed by atoms with E-state index in [0.29, 0.717) is 40.8 Å². The van der Waals surface area contributed by atoms with Crippen LogP contribution in [-0.2, 0) is 18.3 Å². The number of nitrogens with zero attached hydrogens (tertiary/aromatic N) is 5. The predicted octanol–water partition coefficient (Wildman–Crippen LogP) is 5.58. The molecule has 0 bridgehead atoms. The molecule has 1 aromatic carbocycles. The van der Waals surface area contributed by atoms with Crippen molar-refractivity contribution in [2.24, 2.45) is 12.0 Å². The van der Waals surface area contributed by atoms with E-state index in [9.17, 15) is 14.7 Å². The van der Waals surface area contributed by atoms with Crippen LogP contribution >= 0.6 is 0 Å². The summed E-state index contributed by atoms with van der Waals surface area (Å²) in [5.41, 5.74) is 2.26. The van der Waals surface area contributed by atoms with E-state index in [-0.39, 0.29) is 29.5 Å². The summed E-state index contributed by atoms with van der Waals surface area (Å²) in [6, 6.07) is 4.80. The lowest BCUT2D eigenvalue weighted by Crippen LogP contribution is -2.37. The second kappa shape index (κ2) is 11.6. The van der Waals surface area contributed by atoms with Gasteiger partial charge in [0.2, 0.25) is 0 Å². The zero-order chi connectivity index (χ0) is 31.1. The summed E-state index contributed by atoms with van der Waals surface area (Å²) in [7, 11) is 1.85. The van der Waals surface area contributed by atoms with Crippen molar-refractivity contribution in [1.29, 1.82) is 0 Å². The molecule has 43 heavy (non-hydrogen) atoms. The van der Waals surface area contributed by atoms with E-state index in [1.807, 2.05) is 36.9 Å². The number of aryl methyl sites for hydroxylation is 1. The fraction of sp³-hybridized carbons (Fsp3) is 0.375. The normalized spacial score (nSPS) is 16.6. The van der Waals surface area contributed by atoms with Gasteiger partial charge in [-0.1, -0.05) is 0 Å². The number of piperidine rings is 1. The first kappa shape index (κ1) is 30.0. The van der Waals surface area contributed by atoms with Gasteiger partial charge in [0.05, 0.1) is 23.9 Å². The molecule has 10 nitrogen and oxygen atoms in total. The minimum Gasteiger partial charge on any atom is -0.443 e. The number of nitrogens with one attached hydrogen (secondary N) is 1. The van der Waals surface area contributed by atoms with Crippen LogP contribution in [0.15, 0.2) is 59.3 Å². The number of carbonyl (C=O) groups excluding carboxylic acids is 2. The molecule has 5 rings (SSSR count). The first-order chi connectivity index (χ1) is 20.4. The Morgan fingerprint density at radius 3 is 2.63 bits per heavy atom. The summed E-state index contributed by atoms with van der Waals surface area (Å²) in [6.45, 7) is 12.1. The standard InChI is InChI=1S/C32H37FN6O4/c1-19(38-15-10-20(40)11-16-38)7-8-26(34-5)36-25-17-24(33)27(21-9-13-35-29-22(21)12-14-37(29)6)23-18-39(30(41)28(23)25)31(42)43-32(2,3)4/h7-9,12-14,17,20,36,40H,5,10-11,15-16,18H2,1-4,6H3/b19-7+,26-8+. The van der Waals surface area contributed by atoms with Crippen molar-refractivity contribution >= 4 is 35.4 Å². The number of anilines is 1. The predicted molar refractivity (Wildman–Crippen MR) is 164 cm³/mol. The van der Waals surface area contributed by atoms with E-state index in [2.05, 4.69) is 26.9 Å². The van der Waals surface area contributed by atoms with Gasteiger partial charge >= 0.3 is 6.09 Å². The fourth-order valence-electron chi connectivity index (χ4n) is 5.50. The Hall–Kier alpha value is -4.51. The Morgan fingerprint density at radius 2 is 1.95 bits per heavy atom. The van der Waals surface area contributed by atoms with E-state index in [1.54, 1.807) is 39.1 Å². The Morgan fingerprint density at radius 1 is 1.23 bits per heavy atom. The third-order valence-corrected chi connectivity index (χ3v) is 7.69. The highest BCUT2D eigenvalue weighted by Crippen LogP contribution is 2.42. The highest BCUT2D eigenvalue weighted by molar-refractivity contribution is 6.12. The molecule has 0 spiro atoms. The number of hydrogen-bond acceptors (Lipinski definition) is 8. The average molecular weight is 589 g/mol. The topological polar surface area (TPSA) is 112 Å². The number of aliphatic imine (C=N–C) groups is 1. The van der Waals surface area contributed by atoms with Crippen LogP contribution < -0.4 is 5.32 Å². The average Bonchev–Trinajstić information content (AvgIpc) is 3.50. The van der Waals surface area contributed by atoms with Crippen molar-refractivity contribution in [1.82, 2.24) is 19.4 Å². The van der Waals surface area contributed by atoms with Gasteiger partial charge in [0.15, 0.2) is 0 Å². The zero-order valence-corrected chi connectivity index (χ0v) is 25.1. The molecule has 4 heterocycles. The van der Waals surface area contributed by atoms with Crippen LogP contribution in [-0.4, -0.2) is 68.0 Å². The number of hydrogen-bond donors (Lipinski definition) is 2. The minimum atomic E-state index is -0.831. The molecule has 2 aliphatic rings. The van der Waals surface area contributed by atoms with Crippen molar-refractivity contribution in [2.75, 3.05) is 18.4 Å². The van der Waals surface area contributed by atoms with Crippen LogP contribution in [0.4, 0.5) is 14.9 Å². The lowest BCUT2D eigenvalue weighted by Gasteiger charge is -2.31. The minimum absolute atomic E-state index is 0.156. The number of aliphatic hydroxyl groups is 1. The van der Waals surface area contributed by atoms with E-state index >= 15 is 4.39 Å².